The van der Waals surface area contributed by atoms with Crippen LogP contribution in [0, 0.1) is 13.8 Å². The third kappa shape index (κ3) is 4.19. The molecule has 0 N–H and O–H groups in total. The van der Waals surface area contributed by atoms with Crippen LogP contribution in [0.4, 0.5) is 0 Å². The first-order valence-electron chi connectivity index (χ1n) is 9.40. The lowest BCUT2D eigenvalue weighted by molar-refractivity contribution is 0.0919. The zero-order valence-electron chi connectivity index (χ0n) is 16.4. The van der Waals surface area contributed by atoms with Gasteiger partial charge in [-0.1, -0.05) is 6.92 Å². The molecule has 150 valence electrons. The summed E-state index contributed by atoms with van der Waals surface area (Å²) in [5, 5.41) is 0. The third-order valence-electron chi connectivity index (χ3n) is 5.23. The van der Waals surface area contributed by atoms with Crippen LogP contribution in [0.2, 0.25) is 0 Å². The molecule has 2 heterocycles. The van der Waals surface area contributed by atoms with Crippen molar-refractivity contribution in [2.75, 3.05) is 18.1 Å². The van der Waals surface area contributed by atoms with Gasteiger partial charge in [0.1, 0.15) is 5.75 Å². The van der Waals surface area contributed by atoms with E-state index in [1.54, 1.807) is 30.3 Å². The van der Waals surface area contributed by atoms with E-state index in [0.717, 1.165) is 11.4 Å². The average Bonchev–Trinajstić information content (AvgIpc) is 3.17. The maximum Gasteiger partial charge on any atom is 0.202 e. The maximum atomic E-state index is 12.7. The molecule has 0 saturated carbocycles. The van der Waals surface area contributed by atoms with Crippen LogP contribution in [0.1, 0.15) is 57.9 Å². The van der Waals surface area contributed by atoms with Gasteiger partial charge < -0.3 is 9.30 Å². The van der Waals surface area contributed by atoms with Gasteiger partial charge in [0, 0.05) is 35.0 Å². The molecule has 1 aromatic heterocycles. The Morgan fingerprint density at radius 1 is 1.14 bits per heavy atom. The van der Waals surface area contributed by atoms with Crippen molar-refractivity contribution in [3.05, 3.63) is 52.8 Å². The third-order valence-corrected chi connectivity index (χ3v) is 6.98. The van der Waals surface area contributed by atoms with Crippen LogP contribution in [0.3, 0.4) is 0 Å². The Morgan fingerprint density at radius 2 is 1.82 bits per heavy atom. The lowest BCUT2D eigenvalue weighted by Crippen LogP contribution is -2.16. The van der Waals surface area contributed by atoms with E-state index in [9.17, 15) is 18.0 Å². The second-order valence-corrected chi connectivity index (χ2v) is 9.45. The molecule has 0 bridgehead atoms. The molecule has 1 atom stereocenters. The van der Waals surface area contributed by atoms with Gasteiger partial charge in [-0.05, 0) is 50.6 Å². The van der Waals surface area contributed by atoms with Gasteiger partial charge in [0.05, 0.1) is 11.5 Å². The highest BCUT2D eigenvalue weighted by molar-refractivity contribution is 7.91. The molecule has 1 saturated heterocycles. The number of benzene rings is 1. The minimum Gasteiger partial charge on any atom is -0.485 e. The Kier molecular flexibility index (Phi) is 5.74. The van der Waals surface area contributed by atoms with Gasteiger partial charge in [-0.3, -0.25) is 9.59 Å². The smallest absolute Gasteiger partial charge is 0.202 e. The molecule has 7 heteroatoms. The Hall–Kier alpha value is -2.41. The molecular formula is C21H25NO5S. The fourth-order valence-electron chi connectivity index (χ4n) is 3.77. The number of sulfone groups is 1. The van der Waals surface area contributed by atoms with Crippen molar-refractivity contribution in [3.63, 3.8) is 0 Å². The highest BCUT2D eigenvalue weighted by atomic mass is 32.2. The molecule has 28 heavy (non-hydrogen) atoms. The average molecular weight is 404 g/mol. The van der Waals surface area contributed by atoms with E-state index >= 15 is 0 Å². The molecule has 0 unspecified atom stereocenters. The number of carbonyl (C=O) groups excluding carboxylic acids is 2. The number of rotatable bonds is 7. The molecule has 0 aliphatic carbocycles. The molecule has 1 aliphatic heterocycles. The largest absolute Gasteiger partial charge is 0.485 e. The van der Waals surface area contributed by atoms with Gasteiger partial charge in [-0.2, -0.15) is 0 Å². The highest BCUT2D eigenvalue weighted by Crippen LogP contribution is 2.29. The first-order valence-corrected chi connectivity index (χ1v) is 11.2. The summed E-state index contributed by atoms with van der Waals surface area (Å²) < 4.78 is 31.2. The maximum absolute atomic E-state index is 12.7. The molecule has 1 aliphatic rings. The summed E-state index contributed by atoms with van der Waals surface area (Å²) in [6.07, 6.45) is 1.02. The summed E-state index contributed by atoms with van der Waals surface area (Å²) in [6.45, 7) is 5.42. The minimum atomic E-state index is -3.00. The topological polar surface area (TPSA) is 82.4 Å². The van der Waals surface area contributed by atoms with E-state index in [-0.39, 0.29) is 35.7 Å². The van der Waals surface area contributed by atoms with Crippen molar-refractivity contribution in [2.45, 2.75) is 39.7 Å². The van der Waals surface area contributed by atoms with Crippen molar-refractivity contribution in [3.8, 4) is 5.75 Å². The summed E-state index contributed by atoms with van der Waals surface area (Å²) in [4.78, 5) is 24.3. The van der Waals surface area contributed by atoms with Crippen molar-refractivity contribution >= 4 is 21.4 Å². The fraction of sp³-hybridized carbons (Fsp3) is 0.429. The SMILES string of the molecule is CCC(=O)c1ccc(OCC(=O)c2cc(C)n([C@H]3CCS(=O)(=O)C3)c2C)cc1. The zero-order valence-corrected chi connectivity index (χ0v) is 17.2. The number of carbonyl (C=O) groups is 2. The molecular weight excluding hydrogens is 378 g/mol. The van der Waals surface area contributed by atoms with Gasteiger partial charge in [0.15, 0.2) is 22.2 Å². The first kappa shape index (κ1) is 20.3. The Morgan fingerprint density at radius 3 is 2.39 bits per heavy atom. The lowest BCUT2D eigenvalue weighted by atomic mass is 10.1. The number of Topliss-reactive ketones (excluding diaryl/α,β-unsaturated/α-hetero) is 2. The van der Waals surface area contributed by atoms with E-state index < -0.39 is 9.84 Å². The molecule has 6 nitrogen and oxygen atoms in total. The summed E-state index contributed by atoms with van der Waals surface area (Å²) in [5.41, 5.74) is 2.83. The van der Waals surface area contributed by atoms with Gasteiger partial charge in [-0.15, -0.1) is 0 Å². The number of hydrogen-bond acceptors (Lipinski definition) is 5. The van der Waals surface area contributed by atoms with Gasteiger partial charge in [0.2, 0.25) is 5.78 Å². The van der Waals surface area contributed by atoms with E-state index in [2.05, 4.69) is 0 Å². The molecule has 1 fully saturated rings. The van der Waals surface area contributed by atoms with Crippen LogP contribution < -0.4 is 4.74 Å². The predicted octanol–water partition coefficient (Wildman–Crippen LogP) is 3.32. The lowest BCUT2D eigenvalue weighted by Gasteiger charge is -2.16. The van der Waals surface area contributed by atoms with Crippen molar-refractivity contribution in [2.24, 2.45) is 0 Å². The quantitative estimate of drug-likeness (QED) is 0.663. The number of ether oxygens (including phenoxy) is 1. The number of aryl methyl sites for hydroxylation is 1. The number of ketones is 2. The van der Waals surface area contributed by atoms with Crippen molar-refractivity contribution in [1.29, 1.82) is 0 Å². The summed E-state index contributed by atoms with van der Waals surface area (Å²) >= 11 is 0. The van der Waals surface area contributed by atoms with Crippen LogP contribution in [0.5, 0.6) is 5.75 Å². The van der Waals surface area contributed by atoms with E-state index in [1.807, 2.05) is 25.3 Å². The predicted molar refractivity (Wildman–Crippen MR) is 107 cm³/mol. The van der Waals surface area contributed by atoms with E-state index in [4.69, 9.17) is 4.74 Å². The summed E-state index contributed by atoms with van der Waals surface area (Å²) in [5.74, 6) is 0.739. The molecule has 0 spiro atoms. The van der Waals surface area contributed by atoms with Crippen LogP contribution in [-0.2, 0) is 9.84 Å². The van der Waals surface area contributed by atoms with E-state index in [1.165, 1.54) is 0 Å². The summed E-state index contributed by atoms with van der Waals surface area (Å²) in [6, 6.07) is 8.44. The Bertz CT molecular complexity index is 1000. The van der Waals surface area contributed by atoms with Crippen LogP contribution >= 0.6 is 0 Å². The second kappa shape index (κ2) is 7.91. The molecule has 3 rings (SSSR count). The zero-order chi connectivity index (χ0) is 20.5. The number of hydrogen-bond donors (Lipinski definition) is 0. The minimum absolute atomic E-state index is 0.0593. The number of aromatic nitrogens is 1. The van der Waals surface area contributed by atoms with Crippen LogP contribution in [0.25, 0.3) is 0 Å². The van der Waals surface area contributed by atoms with Gasteiger partial charge >= 0.3 is 0 Å². The fourth-order valence-corrected chi connectivity index (χ4v) is 5.47. The Labute approximate surface area is 165 Å². The molecule has 0 radical (unpaired) electrons. The van der Waals surface area contributed by atoms with Crippen molar-refractivity contribution < 1.29 is 22.7 Å². The molecule has 1 aromatic carbocycles. The van der Waals surface area contributed by atoms with Gasteiger partial charge in [0.25, 0.3) is 0 Å². The first-order chi connectivity index (χ1) is 13.2. The highest BCUT2D eigenvalue weighted by Gasteiger charge is 2.31. The normalized spacial score (nSPS) is 18.2. The molecule has 0 amide bonds. The summed E-state index contributed by atoms with van der Waals surface area (Å²) in [7, 11) is -3.00. The monoisotopic (exact) mass is 403 g/mol. The molecule has 2 aromatic rings. The second-order valence-electron chi connectivity index (χ2n) is 7.22. The van der Waals surface area contributed by atoms with Crippen molar-refractivity contribution in [1.82, 2.24) is 4.57 Å². The standard InChI is InChI=1S/C21H25NO5S/c1-4-20(23)16-5-7-18(8-6-16)27-12-21(24)19-11-14(2)22(15(19)3)17-9-10-28(25,26)13-17/h5-8,11,17H,4,9-10,12-13H2,1-3H3/t17-/m0/s1. The van der Waals surface area contributed by atoms with Crippen LogP contribution in [0.15, 0.2) is 30.3 Å². The number of nitrogens with zero attached hydrogens (tertiary/aromatic N) is 1. The van der Waals surface area contributed by atoms with Crippen LogP contribution in [-0.4, -0.2) is 42.7 Å². The van der Waals surface area contributed by atoms with E-state index in [0.29, 0.717) is 29.7 Å². The Balaban J connectivity index is 1.70. The van der Waals surface area contributed by atoms with Gasteiger partial charge in [-0.25, -0.2) is 8.42 Å².